The first-order valence-electron chi connectivity index (χ1n) is 24.9. The minimum absolute atomic E-state index is 0. The number of hydrogen-bond donors (Lipinski definition) is 0. The Labute approximate surface area is 492 Å². The molecule has 35 heteroatoms. The average molecular weight is 1340 g/mol. The van der Waals surface area contributed by atoms with Crippen LogP contribution in [-0.2, 0) is 7.58 Å². The zero-order valence-electron chi connectivity index (χ0n) is 43.9. The Morgan fingerprint density at radius 2 is 0.299 bits per heavy atom. The monoisotopic (exact) mass is 1340 g/mol. The van der Waals surface area contributed by atoms with Gasteiger partial charge in [0.2, 0.25) is 0 Å². The van der Waals surface area contributed by atoms with Crippen molar-refractivity contribution in [1.82, 2.24) is 0 Å². The van der Waals surface area contributed by atoms with Crippen LogP contribution < -0.4 is 26.6 Å². The molecular formula is C52H34Al2F30MgO2. The van der Waals surface area contributed by atoms with E-state index in [0.29, 0.717) is 38.5 Å². The van der Waals surface area contributed by atoms with Crippen LogP contribution in [0.5, 0.6) is 0 Å². The molecule has 0 radical (unpaired) electrons. The summed E-state index contributed by atoms with van der Waals surface area (Å²) in [5, 5.41) is 0. The van der Waals surface area contributed by atoms with Crippen LogP contribution in [0, 0.1) is 175 Å². The van der Waals surface area contributed by atoms with Crippen molar-refractivity contribution < 1.29 is 139 Å². The van der Waals surface area contributed by atoms with Crippen LogP contribution in [0.15, 0.2) is 0 Å². The van der Waals surface area contributed by atoms with Crippen LogP contribution in [0.1, 0.15) is 90.9 Å². The predicted octanol–water partition coefficient (Wildman–Crippen LogP) is 13.9. The van der Waals surface area contributed by atoms with E-state index >= 15 is 52.7 Å². The zero-order valence-corrected chi connectivity index (χ0v) is 47.6. The number of unbranched alkanes of at least 4 members (excludes halogenated alkanes) is 10. The fourth-order valence-corrected chi connectivity index (χ4v) is 19.1. The van der Waals surface area contributed by atoms with Crippen LogP contribution >= 0.6 is 0 Å². The second-order valence-electron chi connectivity index (χ2n) is 18.8. The fraction of sp³-hybridized carbons (Fsp3) is 0.308. The second-order valence-corrected chi connectivity index (χ2v) is 26.0. The molecule has 2 nitrogen and oxygen atoms in total. The first kappa shape index (κ1) is 74.4. The van der Waals surface area contributed by atoms with Crippen LogP contribution in [0.4, 0.5) is 132 Å². The van der Waals surface area contributed by atoms with Gasteiger partial charge in [-0.2, -0.15) is 0 Å². The van der Waals surface area contributed by atoms with Gasteiger partial charge in [0, 0.05) is 0 Å². The van der Waals surface area contributed by atoms with E-state index in [0.717, 1.165) is 12.8 Å². The van der Waals surface area contributed by atoms with Crippen LogP contribution in [-0.4, -0.2) is 63.1 Å². The molecule has 6 rings (SSSR count). The smallest absolute Gasteiger partial charge is 0.648 e. The summed E-state index contributed by atoms with van der Waals surface area (Å²) < 4.78 is 434. The van der Waals surface area contributed by atoms with Crippen molar-refractivity contribution in [2.75, 3.05) is 13.2 Å². The summed E-state index contributed by atoms with van der Waals surface area (Å²) in [6.45, 7) is 1.25. The molecule has 0 amide bonds. The summed E-state index contributed by atoms with van der Waals surface area (Å²) in [5.41, 5.74) is 0. The molecule has 0 bridgehead atoms. The van der Waals surface area contributed by atoms with E-state index in [1.54, 1.807) is 0 Å². The molecule has 0 atom stereocenters. The third kappa shape index (κ3) is 13.3. The molecule has 6 aromatic carbocycles. The Morgan fingerprint density at radius 3 is 0.437 bits per heavy atom. The van der Waals surface area contributed by atoms with Crippen molar-refractivity contribution in [2.24, 2.45) is 0 Å². The van der Waals surface area contributed by atoms with Gasteiger partial charge < -0.3 is 7.58 Å². The van der Waals surface area contributed by atoms with Gasteiger partial charge in [0.15, 0.2) is 105 Å². The van der Waals surface area contributed by atoms with Crippen LogP contribution in [0.25, 0.3) is 0 Å². The summed E-state index contributed by atoms with van der Waals surface area (Å²) in [6, 6.07) is 0. The maximum absolute atomic E-state index is 15.3. The van der Waals surface area contributed by atoms with Crippen molar-refractivity contribution >= 4 is 76.4 Å². The topological polar surface area (TPSA) is 18.5 Å². The molecule has 472 valence electrons. The van der Waals surface area contributed by atoms with Crippen molar-refractivity contribution in [3.8, 4) is 0 Å². The molecule has 0 aliphatic rings. The molecule has 87 heavy (non-hydrogen) atoms. The van der Waals surface area contributed by atoms with E-state index in [9.17, 15) is 79.0 Å². The fourth-order valence-electron chi connectivity index (χ4n) is 9.52. The Bertz CT molecular complexity index is 2850. The summed E-state index contributed by atoms with van der Waals surface area (Å²) in [6.07, 6.45) is 3.94. The normalized spacial score (nSPS) is 11.9. The second kappa shape index (κ2) is 30.2. The number of benzene rings is 6. The van der Waals surface area contributed by atoms with E-state index in [1.807, 2.05) is 13.8 Å². The Hall–Kier alpha value is -5.03. The van der Waals surface area contributed by atoms with Gasteiger partial charge in [0.1, 0.15) is 69.8 Å². The van der Waals surface area contributed by atoms with Crippen molar-refractivity contribution in [1.29, 1.82) is 0 Å². The van der Waals surface area contributed by atoms with Crippen molar-refractivity contribution in [2.45, 2.75) is 90.9 Å². The zero-order chi connectivity index (χ0) is 65.1. The maximum atomic E-state index is 15.3. The number of rotatable bonds is 22. The molecule has 6 aromatic rings. The van der Waals surface area contributed by atoms with Gasteiger partial charge in [0.05, 0.1) is 0 Å². The minimum Gasteiger partial charge on any atom is -0.648 e. The molecule has 0 heterocycles. The van der Waals surface area contributed by atoms with Crippen molar-refractivity contribution in [3.05, 3.63) is 175 Å². The van der Waals surface area contributed by atoms with Crippen molar-refractivity contribution in [3.63, 3.8) is 0 Å². The van der Waals surface area contributed by atoms with E-state index in [2.05, 4.69) is 0 Å². The van der Waals surface area contributed by atoms with E-state index in [4.69, 9.17) is 7.58 Å². The molecular weight excluding hydrogens is 1300 g/mol. The molecule has 0 aliphatic heterocycles. The first-order valence-corrected chi connectivity index (χ1v) is 29.3. The third-order valence-electron chi connectivity index (χ3n) is 13.6. The van der Waals surface area contributed by atoms with Gasteiger partial charge in [-0.15, -0.1) is 26.6 Å². The molecule has 0 saturated carbocycles. The summed E-state index contributed by atoms with van der Waals surface area (Å²) in [5.74, 6) is -90.8. The van der Waals surface area contributed by atoms with E-state index < -0.39 is 254 Å². The Kier molecular flexibility index (Phi) is 25.8. The van der Waals surface area contributed by atoms with Gasteiger partial charge in [-0.05, 0) is 26.1 Å². The molecule has 0 N–H and O–H groups in total. The third-order valence-corrected chi connectivity index (χ3v) is 23.0. The van der Waals surface area contributed by atoms with Crippen LogP contribution in [0.2, 0.25) is 0 Å². The SMILES string of the molecule is CCCCCCCC[O][Al-]([c]1c(F)c(F)c(F)c(F)c1F)([c]1c(F)c(F)c(F)c(F)c1F)[c]1c(F)c(F)c(F)c(F)c1F.CCCCCCCC[O][Al-]([c]1c(F)c(F)c(F)c(F)c1F)([c]1c(F)c(F)c(F)c(F)c1F)[c]1c(F)c(F)c(F)c(F)c1F.[Mg+2]. The Balaban J connectivity index is 0.000000368. The molecule has 0 saturated heterocycles. The first-order chi connectivity index (χ1) is 40.2. The summed E-state index contributed by atoms with van der Waals surface area (Å²) in [7, 11) is 0. The molecule has 0 aliphatic carbocycles. The number of hydrogen-bond acceptors (Lipinski definition) is 2. The predicted molar refractivity (Wildman–Crippen MR) is 251 cm³/mol. The largest absolute Gasteiger partial charge is 2.00 e. The van der Waals surface area contributed by atoms with Crippen LogP contribution in [0.3, 0.4) is 0 Å². The standard InChI is InChI=1S/2C8H17O.6C6F5.2Al.Mg/c2*1-2-3-4-5-6-7-8-9;6*7-2-1-3(8)5(10)6(11)4(2)9;;;/h2*2-8H2,1H3;;;;;;;;;/q2*-1;;;;;;;;;+2. The summed E-state index contributed by atoms with van der Waals surface area (Å²) >= 11 is -15.4. The average Bonchev–Trinajstić information content (AvgIpc) is 0.717. The molecule has 0 unspecified atom stereocenters. The summed E-state index contributed by atoms with van der Waals surface area (Å²) in [4.78, 5) is 0. The van der Waals surface area contributed by atoms with E-state index in [1.165, 1.54) is 0 Å². The molecule has 0 spiro atoms. The van der Waals surface area contributed by atoms with Gasteiger partial charge in [-0.3, -0.25) is 0 Å². The minimum atomic E-state index is -7.68. The molecule has 0 aromatic heterocycles. The van der Waals surface area contributed by atoms with Gasteiger partial charge >= 0.3 is 49.9 Å². The quantitative estimate of drug-likeness (QED) is 0.0222. The molecule has 0 fully saturated rings. The Morgan fingerprint density at radius 1 is 0.184 bits per heavy atom. The van der Waals surface area contributed by atoms with Gasteiger partial charge in [-0.25, -0.2) is 132 Å². The van der Waals surface area contributed by atoms with Gasteiger partial charge in [0.25, 0.3) is 0 Å². The maximum Gasteiger partial charge on any atom is 2.00 e. The number of halogens is 30. The van der Waals surface area contributed by atoms with Gasteiger partial charge in [-0.1, -0.05) is 78.1 Å². The van der Waals surface area contributed by atoms with E-state index in [-0.39, 0.29) is 35.9 Å².